The Morgan fingerprint density at radius 3 is 2.08 bits per heavy atom. The Morgan fingerprint density at radius 2 is 1.58 bits per heavy atom. The summed E-state index contributed by atoms with van der Waals surface area (Å²) in [5.74, 6) is -1.02. The van der Waals surface area contributed by atoms with E-state index in [0.717, 1.165) is 25.7 Å². The molecular weight excluding hydrogens is 342 g/mol. The van der Waals surface area contributed by atoms with Crippen molar-refractivity contribution in [3.63, 3.8) is 0 Å². The lowest BCUT2D eigenvalue weighted by Crippen LogP contribution is -2.06. The Balaban J connectivity index is 2.56. The highest BCUT2D eigenvalue weighted by Crippen LogP contribution is 2.39. The molecule has 8 heteroatoms. The van der Waals surface area contributed by atoms with Gasteiger partial charge in [0.1, 0.15) is 0 Å². The van der Waals surface area contributed by atoms with Crippen molar-refractivity contribution in [2.75, 3.05) is 14.2 Å². The Hall–Kier alpha value is -2.64. The van der Waals surface area contributed by atoms with Gasteiger partial charge in [-0.2, -0.15) is 0 Å². The molecule has 0 aliphatic rings. The number of methoxy groups -OCH3 is 2. The smallest absolute Gasteiger partial charge is 0.353 e. The Labute approximate surface area is 152 Å². The predicted molar refractivity (Wildman–Crippen MR) is 95.1 cm³/mol. The summed E-state index contributed by atoms with van der Waals surface area (Å²) in [5, 5.41) is 19.8. The van der Waals surface area contributed by atoms with E-state index >= 15 is 0 Å². The second-order valence-corrected chi connectivity index (χ2v) is 5.89. The van der Waals surface area contributed by atoms with Gasteiger partial charge in [0, 0.05) is 12.8 Å². The monoisotopic (exact) mass is 367 g/mol. The number of ether oxygens (including phenoxy) is 2. The van der Waals surface area contributed by atoms with Gasteiger partial charge < -0.3 is 14.6 Å². The first-order valence-corrected chi connectivity index (χ1v) is 8.56. The molecule has 0 aliphatic heterocycles. The van der Waals surface area contributed by atoms with Crippen LogP contribution in [-0.2, 0) is 4.79 Å². The number of nitro benzene ring substituents is 1. The van der Waals surface area contributed by atoms with Gasteiger partial charge >= 0.3 is 11.7 Å². The molecule has 144 valence electrons. The highest BCUT2D eigenvalue weighted by atomic mass is 16.6. The first-order chi connectivity index (χ1) is 12.4. The average Bonchev–Trinajstić information content (AvgIpc) is 2.61. The van der Waals surface area contributed by atoms with Crippen LogP contribution in [0.2, 0.25) is 0 Å². The molecule has 0 bridgehead atoms. The van der Waals surface area contributed by atoms with Gasteiger partial charge in [0.25, 0.3) is 0 Å². The Kier molecular flexibility index (Phi) is 9.11. The maximum atomic E-state index is 12.4. The lowest BCUT2D eigenvalue weighted by Gasteiger charge is -2.10. The molecule has 1 rings (SSSR count). The van der Waals surface area contributed by atoms with Crippen molar-refractivity contribution in [3.05, 3.63) is 27.8 Å². The number of hydrogen-bond acceptors (Lipinski definition) is 6. The van der Waals surface area contributed by atoms with E-state index in [1.54, 1.807) is 0 Å². The van der Waals surface area contributed by atoms with Gasteiger partial charge in [0.2, 0.25) is 11.5 Å². The fraction of sp³-hybridized carbons (Fsp3) is 0.556. The number of carboxylic acids is 1. The maximum absolute atomic E-state index is 12.4. The minimum Gasteiger partial charge on any atom is -0.490 e. The summed E-state index contributed by atoms with van der Waals surface area (Å²) in [5.41, 5.74) is -0.166. The predicted octanol–water partition coefficient (Wildman–Crippen LogP) is 4.00. The molecule has 0 saturated heterocycles. The third-order valence-corrected chi connectivity index (χ3v) is 4.05. The van der Waals surface area contributed by atoms with Crippen LogP contribution in [-0.4, -0.2) is 36.0 Å². The fourth-order valence-electron chi connectivity index (χ4n) is 2.72. The van der Waals surface area contributed by atoms with E-state index in [-0.39, 0.29) is 41.4 Å². The van der Waals surface area contributed by atoms with Crippen LogP contribution < -0.4 is 9.47 Å². The molecule has 0 heterocycles. The minimum atomic E-state index is -0.780. The van der Waals surface area contributed by atoms with Crippen molar-refractivity contribution >= 4 is 17.4 Å². The molecule has 26 heavy (non-hydrogen) atoms. The summed E-state index contributed by atoms with van der Waals surface area (Å²) < 4.78 is 10.1. The average molecular weight is 367 g/mol. The summed E-state index contributed by atoms with van der Waals surface area (Å²) in [7, 11) is 2.61. The van der Waals surface area contributed by atoms with Gasteiger partial charge in [-0.25, -0.2) is 0 Å². The molecule has 1 N–H and O–H groups in total. The van der Waals surface area contributed by atoms with E-state index in [1.807, 2.05) is 0 Å². The number of hydrogen-bond donors (Lipinski definition) is 1. The third-order valence-electron chi connectivity index (χ3n) is 4.05. The molecule has 0 spiro atoms. The highest BCUT2D eigenvalue weighted by Gasteiger charge is 2.27. The zero-order valence-corrected chi connectivity index (χ0v) is 15.2. The van der Waals surface area contributed by atoms with Crippen molar-refractivity contribution in [1.82, 2.24) is 0 Å². The van der Waals surface area contributed by atoms with Gasteiger partial charge in [0.05, 0.1) is 24.7 Å². The summed E-state index contributed by atoms with van der Waals surface area (Å²) >= 11 is 0. The SMILES string of the molecule is COc1ccc(C(=O)CCCCCCCCC(=O)O)c(OC)c1[N+](=O)[O-]. The molecule has 1 aromatic carbocycles. The van der Waals surface area contributed by atoms with Crippen molar-refractivity contribution < 1.29 is 29.1 Å². The first-order valence-electron chi connectivity index (χ1n) is 8.56. The third kappa shape index (κ3) is 6.34. The number of Topliss-reactive ketones (excluding diaryl/α,β-unsaturated/α-hetero) is 1. The van der Waals surface area contributed by atoms with Crippen molar-refractivity contribution in [2.24, 2.45) is 0 Å². The largest absolute Gasteiger partial charge is 0.490 e. The van der Waals surface area contributed by atoms with Crippen LogP contribution in [0.5, 0.6) is 11.5 Å². The maximum Gasteiger partial charge on any atom is 0.353 e. The van der Waals surface area contributed by atoms with E-state index in [0.29, 0.717) is 12.8 Å². The first kappa shape index (κ1) is 21.4. The fourth-order valence-corrected chi connectivity index (χ4v) is 2.72. The number of carbonyl (C=O) groups is 2. The second-order valence-electron chi connectivity index (χ2n) is 5.89. The summed E-state index contributed by atoms with van der Waals surface area (Å²) in [4.78, 5) is 33.4. The Bertz CT molecular complexity index is 643. The molecule has 8 nitrogen and oxygen atoms in total. The summed E-state index contributed by atoms with van der Waals surface area (Å²) in [6.07, 6.45) is 5.36. The molecule has 0 amide bonds. The van der Waals surface area contributed by atoms with Crippen molar-refractivity contribution in [2.45, 2.75) is 51.4 Å². The number of nitrogens with zero attached hydrogens (tertiary/aromatic N) is 1. The number of aliphatic carboxylic acids is 1. The van der Waals surface area contributed by atoms with Gasteiger partial charge in [-0.15, -0.1) is 0 Å². The Morgan fingerprint density at radius 1 is 1.00 bits per heavy atom. The second kappa shape index (κ2) is 11.1. The zero-order chi connectivity index (χ0) is 19.5. The van der Waals surface area contributed by atoms with E-state index in [9.17, 15) is 19.7 Å². The van der Waals surface area contributed by atoms with Crippen LogP contribution in [0.25, 0.3) is 0 Å². The topological polar surface area (TPSA) is 116 Å². The number of unbranched alkanes of at least 4 members (excludes halogenated alkanes) is 5. The van der Waals surface area contributed by atoms with Crippen LogP contribution in [0.1, 0.15) is 61.7 Å². The summed E-state index contributed by atoms with van der Waals surface area (Å²) in [6, 6.07) is 2.88. The van der Waals surface area contributed by atoms with E-state index in [4.69, 9.17) is 14.6 Å². The van der Waals surface area contributed by atoms with Crippen molar-refractivity contribution in [3.8, 4) is 11.5 Å². The molecule has 0 aromatic heterocycles. The van der Waals surface area contributed by atoms with E-state index in [1.165, 1.54) is 26.4 Å². The minimum absolute atomic E-state index is 0.0461. The number of carboxylic acid groups (broad SMARTS) is 1. The number of ketones is 1. The van der Waals surface area contributed by atoms with E-state index < -0.39 is 10.9 Å². The quantitative estimate of drug-likeness (QED) is 0.242. The highest BCUT2D eigenvalue weighted by molar-refractivity contribution is 6.00. The number of rotatable bonds is 13. The van der Waals surface area contributed by atoms with Crippen LogP contribution in [0.4, 0.5) is 5.69 Å². The number of nitro groups is 1. The van der Waals surface area contributed by atoms with Gasteiger partial charge in [-0.3, -0.25) is 19.7 Å². The molecule has 0 atom stereocenters. The lowest BCUT2D eigenvalue weighted by molar-refractivity contribution is -0.386. The lowest BCUT2D eigenvalue weighted by atomic mass is 10.0. The van der Waals surface area contributed by atoms with Crippen LogP contribution >= 0.6 is 0 Å². The van der Waals surface area contributed by atoms with Gasteiger partial charge in [0.15, 0.2) is 5.78 Å². The van der Waals surface area contributed by atoms with Crippen LogP contribution in [0.3, 0.4) is 0 Å². The number of carbonyl (C=O) groups excluding carboxylic acids is 1. The normalized spacial score (nSPS) is 10.4. The van der Waals surface area contributed by atoms with E-state index in [2.05, 4.69) is 0 Å². The molecule has 0 unspecified atom stereocenters. The van der Waals surface area contributed by atoms with Crippen molar-refractivity contribution in [1.29, 1.82) is 0 Å². The van der Waals surface area contributed by atoms with Gasteiger partial charge in [-0.1, -0.05) is 25.7 Å². The molecule has 0 radical (unpaired) electrons. The molecular formula is C18H25NO7. The standard InChI is InChI=1S/C18H25NO7/c1-25-15-12-11-13(18(26-2)17(15)19(23)24)14(20)9-7-5-3-4-6-8-10-16(21)22/h11-12H,3-10H2,1-2H3,(H,21,22). The number of benzene rings is 1. The van der Waals surface area contributed by atoms with Crippen LogP contribution in [0.15, 0.2) is 12.1 Å². The van der Waals surface area contributed by atoms with Crippen LogP contribution in [0, 0.1) is 10.1 Å². The molecule has 0 fully saturated rings. The van der Waals surface area contributed by atoms with Gasteiger partial charge in [-0.05, 0) is 25.0 Å². The summed E-state index contributed by atoms with van der Waals surface area (Å²) in [6.45, 7) is 0. The molecule has 0 aliphatic carbocycles. The molecule has 1 aromatic rings. The molecule has 0 saturated carbocycles. The zero-order valence-electron chi connectivity index (χ0n) is 15.2.